The van der Waals surface area contributed by atoms with Gasteiger partial charge in [-0.05, 0) is 35.9 Å². The maximum atomic E-state index is 12.6. The minimum absolute atomic E-state index is 0.0711. The highest BCUT2D eigenvalue weighted by Crippen LogP contribution is 2.31. The van der Waals surface area contributed by atoms with Gasteiger partial charge in [0.15, 0.2) is 5.75 Å². The third-order valence-electron chi connectivity index (χ3n) is 3.76. The molecule has 1 fully saturated rings. The number of benzene rings is 2. The first-order valence-corrected chi connectivity index (χ1v) is 8.22. The molecule has 138 valence electrons. The van der Waals surface area contributed by atoms with Crippen molar-refractivity contribution in [3.63, 3.8) is 0 Å². The van der Waals surface area contributed by atoms with E-state index < -0.39 is 16.7 Å². The van der Waals surface area contributed by atoms with E-state index in [4.69, 9.17) is 27.9 Å². The summed E-state index contributed by atoms with van der Waals surface area (Å²) in [4.78, 5) is 35.3. The maximum Gasteiger partial charge on any atom is 0.311 e. The number of rotatable bonds is 4. The van der Waals surface area contributed by atoms with Crippen LogP contribution in [-0.4, -0.2) is 23.8 Å². The van der Waals surface area contributed by atoms with Crippen LogP contribution in [0.4, 0.5) is 11.4 Å². The van der Waals surface area contributed by atoms with E-state index in [9.17, 15) is 19.7 Å². The Bertz CT molecular complexity index is 1010. The lowest BCUT2D eigenvalue weighted by atomic mass is 10.1. The Kier molecular flexibility index (Phi) is 5.02. The molecule has 2 aromatic carbocycles. The lowest BCUT2D eigenvalue weighted by Crippen LogP contribution is -2.35. The number of nitro groups is 1. The van der Waals surface area contributed by atoms with E-state index in [0.29, 0.717) is 16.3 Å². The number of hydrogen-bond acceptors (Lipinski definition) is 5. The number of amides is 2. The van der Waals surface area contributed by atoms with Crippen molar-refractivity contribution in [3.8, 4) is 5.75 Å². The van der Waals surface area contributed by atoms with Gasteiger partial charge >= 0.3 is 5.69 Å². The van der Waals surface area contributed by atoms with Crippen molar-refractivity contribution in [3.05, 3.63) is 67.7 Å². The molecule has 8 nitrogen and oxygen atoms in total. The fraction of sp³-hybridized carbons (Fsp3) is 0.0588. The van der Waals surface area contributed by atoms with Gasteiger partial charge in [0.25, 0.3) is 11.8 Å². The lowest BCUT2D eigenvalue weighted by Gasteiger charge is -2.15. The summed E-state index contributed by atoms with van der Waals surface area (Å²) in [5.41, 5.74) is 2.58. The molecule has 0 radical (unpaired) electrons. The Hall–Kier alpha value is -3.10. The third-order valence-corrected chi connectivity index (χ3v) is 4.50. The van der Waals surface area contributed by atoms with E-state index in [2.05, 4.69) is 5.43 Å². The van der Waals surface area contributed by atoms with Gasteiger partial charge in [0.1, 0.15) is 5.57 Å². The summed E-state index contributed by atoms with van der Waals surface area (Å²) in [7, 11) is 1.31. The predicted molar refractivity (Wildman–Crippen MR) is 99.7 cm³/mol. The Balaban J connectivity index is 1.96. The van der Waals surface area contributed by atoms with Crippen molar-refractivity contribution in [1.29, 1.82) is 0 Å². The van der Waals surface area contributed by atoms with Crippen LogP contribution in [0.25, 0.3) is 6.08 Å². The minimum atomic E-state index is -0.649. The number of ether oxygens (including phenoxy) is 1. The van der Waals surface area contributed by atoms with Crippen LogP contribution in [0.5, 0.6) is 5.75 Å². The molecule has 0 bridgehead atoms. The lowest BCUT2D eigenvalue weighted by molar-refractivity contribution is -0.385. The van der Waals surface area contributed by atoms with Crippen LogP contribution in [-0.2, 0) is 9.59 Å². The van der Waals surface area contributed by atoms with Crippen LogP contribution >= 0.6 is 23.2 Å². The number of anilines is 1. The van der Waals surface area contributed by atoms with Gasteiger partial charge in [0.05, 0.1) is 27.8 Å². The first-order valence-electron chi connectivity index (χ1n) is 7.46. The normalized spacial score (nSPS) is 15.2. The highest BCUT2D eigenvalue weighted by Gasteiger charge is 2.34. The molecule has 0 unspecified atom stereocenters. The summed E-state index contributed by atoms with van der Waals surface area (Å²) in [6.07, 6.45) is 1.27. The summed E-state index contributed by atoms with van der Waals surface area (Å²) in [5, 5.41) is 12.7. The average Bonchev–Trinajstić information content (AvgIpc) is 2.92. The number of methoxy groups -OCH3 is 1. The van der Waals surface area contributed by atoms with Crippen LogP contribution in [0.15, 0.2) is 42.0 Å². The molecular formula is C17H11Cl2N3O5. The summed E-state index contributed by atoms with van der Waals surface area (Å²) in [5.74, 6) is -1.21. The molecule has 27 heavy (non-hydrogen) atoms. The van der Waals surface area contributed by atoms with Crippen molar-refractivity contribution in [2.24, 2.45) is 0 Å². The molecule has 1 N–H and O–H groups in total. The molecule has 1 heterocycles. The molecule has 2 aromatic rings. The monoisotopic (exact) mass is 407 g/mol. The zero-order chi connectivity index (χ0) is 19.7. The fourth-order valence-electron chi connectivity index (χ4n) is 2.47. The summed E-state index contributed by atoms with van der Waals surface area (Å²) >= 11 is 11.8. The maximum absolute atomic E-state index is 12.6. The second-order valence-electron chi connectivity index (χ2n) is 5.43. The third kappa shape index (κ3) is 3.57. The molecule has 0 spiro atoms. The number of carbonyl (C=O) groups is 2. The number of nitro benzene ring substituents is 1. The Morgan fingerprint density at radius 3 is 2.52 bits per heavy atom. The van der Waals surface area contributed by atoms with Gasteiger partial charge in [-0.15, -0.1) is 0 Å². The van der Waals surface area contributed by atoms with E-state index in [-0.39, 0.29) is 22.0 Å². The summed E-state index contributed by atoms with van der Waals surface area (Å²) < 4.78 is 4.93. The first kappa shape index (κ1) is 18.7. The van der Waals surface area contributed by atoms with E-state index in [1.807, 2.05) is 0 Å². The highest BCUT2D eigenvalue weighted by atomic mass is 35.5. The van der Waals surface area contributed by atoms with Crippen LogP contribution in [0.3, 0.4) is 0 Å². The zero-order valence-electron chi connectivity index (χ0n) is 13.7. The SMILES string of the molecule is COc1ccc(/C=C2/C(=O)NN(c3ccc(Cl)c(Cl)c3)C2=O)cc1[N+](=O)[O-]. The standard InChI is InChI=1S/C17H11Cl2N3O5/c1-27-15-5-2-9(7-14(15)22(25)26)6-11-16(23)20-21(17(11)24)10-3-4-12(18)13(19)8-10/h2-8H,1H3,(H,20,23)/b11-6-. The molecule has 0 saturated carbocycles. The molecule has 1 aliphatic rings. The topological polar surface area (TPSA) is 102 Å². The van der Waals surface area contributed by atoms with Crippen molar-refractivity contribution in [2.75, 3.05) is 12.1 Å². The highest BCUT2D eigenvalue weighted by molar-refractivity contribution is 6.42. The van der Waals surface area contributed by atoms with Crippen LogP contribution in [0.2, 0.25) is 10.0 Å². The summed E-state index contributed by atoms with van der Waals surface area (Å²) in [6, 6.07) is 8.55. The van der Waals surface area contributed by atoms with Crippen molar-refractivity contribution in [1.82, 2.24) is 5.43 Å². The Labute approximate surface area is 163 Å². The largest absolute Gasteiger partial charge is 0.490 e. The molecule has 0 atom stereocenters. The quantitative estimate of drug-likeness (QED) is 0.362. The van der Waals surface area contributed by atoms with Crippen LogP contribution in [0, 0.1) is 10.1 Å². The van der Waals surface area contributed by atoms with Crippen molar-refractivity contribution < 1.29 is 19.2 Å². The second-order valence-corrected chi connectivity index (χ2v) is 6.24. The van der Waals surface area contributed by atoms with Gasteiger partial charge in [0, 0.05) is 6.07 Å². The predicted octanol–water partition coefficient (Wildman–Crippen LogP) is 3.37. The number of nitrogens with one attached hydrogen (secondary N) is 1. The minimum Gasteiger partial charge on any atom is -0.490 e. The van der Waals surface area contributed by atoms with Gasteiger partial charge in [-0.25, -0.2) is 5.01 Å². The van der Waals surface area contributed by atoms with E-state index in [0.717, 1.165) is 5.01 Å². The zero-order valence-corrected chi connectivity index (χ0v) is 15.2. The van der Waals surface area contributed by atoms with Gasteiger partial charge in [-0.1, -0.05) is 29.3 Å². The molecule has 3 rings (SSSR count). The number of hydrazine groups is 1. The molecule has 0 aromatic heterocycles. The Morgan fingerprint density at radius 1 is 1.15 bits per heavy atom. The molecule has 10 heteroatoms. The molecule has 2 amide bonds. The van der Waals surface area contributed by atoms with Crippen molar-refractivity contribution in [2.45, 2.75) is 0 Å². The molecule has 1 aliphatic heterocycles. The molecular weight excluding hydrogens is 397 g/mol. The number of hydrogen-bond donors (Lipinski definition) is 1. The summed E-state index contributed by atoms with van der Waals surface area (Å²) in [6.45, 7) is 0. The average molecular weight is 408 g/mol. The van der Waals surface area contributed by atoms with Crippen LogP contribution < -0.4 is 15.2 Å². The van der Waals surface area contributed by atoms with E-state index in [1.165, 1.54) is 49.6 Å². The van der Waals surface area contributed by atoms with Gasteiger partial charge < -0.3 is 4.74 Å². The van der Waals surface area contributed by atoms with E-state index in [1.54, 1.807) is 0 Å². The van der Waals surface area contributed by atoms with Crippen LogP contribution in [0.1, 0.15) is 5.56 Å². The second kappa shape index (κ2) is 7.26. The molecule has 0 aliphatic carbocycles. The van der Waals surface area contributed by atoms with Gasteiger partial charge in [0.2, 0.25) is 0 Å². The fourth-order valence-corrected chi connectivity index (χ4v) is 2.76. The first-order chi connectivity index (χ1) is 12.8. The molecule has 1 saturated heterocycles. The van der Waals surface area contributed by atoms with E-state index >= 15 is 0 Å². The van der Waals surface area contributed by atoms with Gasteiger partial charge in [-0.2, -0.15) is 0 Å². The van der Waals surface area contributed by atoms with Gasteiger partial charge in [-0.3, -0.25) is 25.1 Å². The smallest absolute Gasteiger partial charge is 0.311 e. The Morgan fingerprint density at radius 2 is 1.89 bits per heavy atom. The number of carbonyl (C=O) groups excluding carboxylic acids is 2. The number of nitrogens with zero attached hydrogens (tertiary/aromatic N) is 2. The number of halogens is 2. The van der Waals surface area contributed by atoms with Crippen molar-refractivity contribution >= 4 is 52.5 Å².